The van der Waals surface area contributed by atoms with Crippen molar-refractivity contribution in [3.8, 4) is 5.82 Å². The highest BCUT2D eigenvalue weighted by Crippen LogP contribution is 2.53. The number of alkyl halides is 2. The predicted molar refractivity (Wildman–Crippen MR) is 146 cm³/mol. The summed E-state index contributed by atoms with van der Waals surface area (Å²) in [7, 11) is 0. The minimum absolute atomic E-state index is 0.0563. The minimum Gasteiger partial charge on any atom is -0.378 e. The maximum Gasteiger partial charge on any atom is 0.296 e. The van der Waals surface area contributed by atoms with E-state index in [1.165, 1.54) is 4.57 Å². The number of fused-ring (bicyclic) bond motifs is 2. The second-order valence-electron chi connectivity index (χ2n) is 12.5. The molecule has 1 aromatic carbocycles. The van der Waals surface area contributed by atoms with E-state index in [4.69, 9.17) is 24.2 Å². The maximum atomic E-state index is 14.2. The SMILES string of the molecule is CC1(C)COC2(C[C@H]3C[C@H](Nc4cc(-n5c(C(F)F)nc6ccccc65)nc(N5CCOCC5)n4)C[C@H]3C2)OC1. The van der Waals surface area contributed by atoms with E-state index in [0.717, 1.165) is 38.9 Å². The lowest BCUT2D eigenvalue weighted by atomic mass is 9.94. The molecule has 2 aromatic heterocycles. The fourth-order valence-electron chi connectivity index (χ4n) is 6.84. The van der Waals surface area contributed by atoms with Gasteiger partial charge < -0.3 is 24.4 Å². The van der Waals surface area contributed by atoms with Crippen molar-refractivity contribution in [3.05, 3.63) is 36.2 Å². The zero-order valence-corrected chi connectivity index (χ0v) is 23.0. The van der Waals surface area contributed by atoms with Crippen molar-refractivity contribution >= 4 is 22.8 Å². The summed E-state index contributed by atoms with van der Waals surface area (Å²) >= 11 is 0. The first-order valence-electron chi connectivity index (χ1n) is 14.3. The molecule has 0 unspecified atom stereocenters. The molecule has 214 valence electrons. The summed E-state index contributed by atoms with van der Waals surface area (Å²) in [5.74, 6) is 1.79. The molecule has 1 N–H and O–H groups in total. The zero-order chi connectivity index (χ0) is 27.5. The number of morpholine rings is 1. The molecule has 4 aliphatic rings. The monoisotopic (exact) mass is 554 g/mol. The first-order chi connectivity index (χ1) is 19.3. The van der Waals surface area contributed by atoms with Crippen LogP contribution in [0.4, 0.5) is 20.5 Å². The largest absolute Gasteiger partial charge is 0.378 e. The van der Waals surface area contributed by atoms with Crippen molar-refractivity contribution in [3.63, 3.8) is 0 Å². The van der Waals surface area contributed by atoms with E-state index in [2.05, 4.69) is 24.1 Å². The molecule has 7 rings (SSSR count). The number of imidazole rings is 1. The number of anilines is 2. The number of para-hydroxylation sites is 2. The Morgan fingerprint density at radius 2 is 1.68 bits per heavy atom. The van der Waals surface area contributed by atoms with Gasteiger partial charge in [0.25, 0.3) is 6.43 Å². The third-order valence-corrected chi connectivity index (χ3v) is 8.80. The number of nitrogens with one attached hydrogen (secondary N) is 1. The zero-order valence-electron chi connectivity index (χ0n) is 23.0. The van der Waals surface area contributed by atoms with Gasteiger partial charge in [0.2, 0.25) is 5.95 Å². The second-order valence-corrected chi connectivity index (χ2v) is 12.5. The fourth-order valence-corrected chi connectivity index (χ4v) is 6.84. The van der Waals surface area contributed by atoms with Gasteiger partial charge in [0.1, 0.15) is 11.6 Å². The molecular formula is C29H36F2N6O3. The van der Waals surface area contributed by atoms with Crippen LogP contribution in [0.25, 0.3) is 16.9 Å². The van der Waals surface area contributed by atoms with Crippen LogP contribution in [0.1, 0.15) is 51.8 Å². The number of benzene rings is 1. The van der Waals surface area contributed by atoms with Crippen LogP contribution in [-0.4, -0.2) is 70.9 Å². The lowest BCUT2D eigenvalue weighted by Crippen LogP contribution is -2.46. The van der Waals surface area contributed by atoms with Crippen molar-refractivity contribution < 1.29 is 23.0 Å². The van der Waals surface area contributed by atoms with Gasteiger partial charge in [0.15, 0.2) is 11.6 Å². The molecule has 4 fully saturated rings. The molecule has 40 heavy (non-hydrogen) atoms. The molecule has 2 aliphatic heterocycles. The van der Waals surface area contributed by atoms with Gasteiger partial charge in [-0.2, -0.15) is 9.97 Å². The molecule has 0 bridgehead atoms. The van der Waals surface area contributed by atoms with E-state index in [9.17, 15) is 8.78 Å². The topological polar surface area (TPSA) is 86.6 Å². The first-order valence-corrected chi connectivity index (χ1v) is 14.3. The Morgan fingerprint density at radius 1 is 0.975 bits per heavy atom. The molecule has 4 heterocycles. The van der Waals surface area contributed by atoms with Crippen molar-refractivity contribution in [2.24, 2.45) is 17.3 Å². The molecule has 0 amide bonds. The van der Waals surface area contributed by atoms with Crippen molar-refractivity contribution in [2.75, 3.05) is 49.7 Å². The number of rotatable bonds is 5. The Hall–Kier alpha value is -2.89. The van der Waals surface area contributed by atoms with Gasteiger partial charge in [-0.25, -0.2) is 13.8 Å². The van der Waals surface area contributed by atoms with E-state index < -0.39 is 12.2 Å². The number of nitrogens with zero attached hydrogens (tertiary/aromatic N) is 5. The molecule has 2 saturated carbocycles. The normalized spacial score (nSPS) is 27.5. The molecule has 3 aromatic rings. The Bertz CT molecular complexity index is 1370. The number of hydrogen-bond acceptors (Lipinski definition) is 8. The van der Waals surface area contributed by atoms with Crippen molar-refractivity contribution in [2.45, 2.75) is 57.8 Å². The van der Waals surface area contributed by atoms with E-state index >= 15 is 0 Å². The van der Waals surface area contributed by atoms with Gasteiger partial charge in [-0.3, -0.25) is 4.57 Å². The van der Waals surface area contributed by atoms with E-state index in [-0.39, 0.29) is 17.3 Å². The van der Waals surface area contributed by atoms with Crippen LogP contribution in [-0.2, 0) is 14.2 Å². The third kappa shape index (κ3) is 4.81. The molecular weight excluding hydrogens is 518 g/mol. The van der Waals surface area contributed by atoms with Crippen LogP contribution in [0.2, 0.25) is 0 Å². The van der Waals surface area contributed by atoms with Crippen LogP contribution >= 0.6 is 0 Å². The summed E-state index contributed by atoms with van der Waals surface area (Å²) in [6.45, 7) is 8.23. The summed E-state index contributed by atoms with van der Waals surface area (Å²) in [4.78, 5) is 15.9. The summed E-state index contributed by atoms with van der Waals surface area (Å²) in [6, 6.07) is 9.15. The van der Waals surface area contributed by atoms with Gasteiger partial charge in [-0.05, 0) is 36.8 Å². The minimum atomic E-state index is -2.75. The van der Waals surface area contributed by atoms with E-state index in [1.807, 2.05) is 11.0 Å². The highest BCUT2D eigenvalue weighted by molar-refractivity contribution is 5.78. The summed E-state index contributed by atoms with van der Waals surface area (Å²) < 4.78 is 47.9. The average Bonchev–Trinajstić information content (AvgIpc) is 3.61. The first kappa shape index (κ1) is 26.0. The molecule has 3 atom stereocenters. The number of halogens is 2. The molecule has 11 heteroatoms. The Morgan fingerprint density at radius 3 is 2.38 bits per heavy atom. The molecule has 0 radical (unpaired) electrons. The summed E-state index contributed by atoms with van der Waals surface area (Å²) in [6.07, 6.45) is 1.06. The van der Waals surface area contributed by atoms with Gasteiger partial charge in [0.05, 0.1) is 37.5 Å². The third-order valence-electron chi connectivity index (χ3n) is 8.80. The predicted octanol–water partition coefficient (Wildman–Crippen LogP) is 4.96. The summed E-state index contributed by atoms with van der Waals surface area (Å²) in [5, 5.41) is 3.64. The molecule has 2 saturated heterocycles. The van der Waals surface area contributed by atoms with Gasteiger partial charge in [-0.15, -0.1) is 0 Å². The Balaban J connectivity index is 1.16. The highest BCUT2D eigenvalue weighted by Gasteiger charge is 2.53. The second kappa shape index (κ2) is 9.88. The average molecular weight is 555 g/mol. The quantitative estimate of drug-likeness (QED) is 0.474. The summed E-state index contributed by atoms with van der Waals surface area (Å²) in [5.41, 5.74) is 1.15. The Labute approximate surface area is 232 Å². The van der Waals surface area contributed by atoms with Crippen LogP contribution in [0.3, 0.4) is 0 Å². The highest BCUT2D eigenvalue weighted by atomic mass is 19.3. The van der Waals surface area contributed by atoms with Gasteiger partial charge >= 0.3 is 0 Å². The molecule has 9 nitrogen and oxygen atoms in total. The Kier molecular flexibility index (Phi) is 6.43. The van der Waals surface area contributed by atoms with Crippen LogP contribution in [0.5, 0.6) is 0 Å². The van der Waals surface area contributed by atoms with Crippen LogP contribution in [0, 0.1) is 17.3 Å². The fraction of sp³-hybridized carbons (Fsp3) is 0.621. The number of aromatic nitrogens is 4. The maximum absolute atomic E-state index is 14.2. The van der Waals surface area contributed by atoms with Gasteiger partial charge in [-0.1, -0.05) is 26.0 Å². The molecule has 1 spiro atoms. The lowest BCUT2D eigenvalue weighted by Gasteiger charge is -2.42. The van der Waals surface area contributed by atoms with Gasteiger partial charge in [0, 0.05) is 43.5 Å². The smallest absolute Gasteiger partial charge is 0.296 e. The van der Waals surface area contributed by atoms with Crippen LogP contribution in [0.15, 0.2) is 30.3 Å². The number of hydrogen-bond donors (Lipinski definition) is 1. The van der Waals surface area contributed by atoms with E-state index in [1.54, 1.807) is 24.3 Å². The molecule has 2 aliphatic carbocycles. The number of ether oxygens (including phenoxy) is 3. The van der Waals surface area contributed by atoms with Crippen molar-refractivity contribution in [1.29, 1.82) is 0 Å². The lowest BCUT2D eigenvalue weighted by molar-refractivity contribution is -0.297. The standard InChI is InChI=1S/C29H36F2N6O3/c1-28(2)16-39-29(40-17-28)14-18-11-20(12-19(18)15-29)32-23-13-24(35-27(34-23)36-7-9-38-10-8-36)37-22-6-4-3-5-21(22)33-26(37)25(30)31/h3-6,13,18-20,25H,7-12,14-17H2,1-2H3,(H,32,34,35)/t18-,19+,20+. The van der Waals surface area contributed by atoms with Crippen LogP contribution < -0.4 is 10.2 Å². The van der Waals surface area contributed by atoms with E-state index in [0.29, 0.717) is 66.8 Å². The van der Waals surface area contributed by atoms with Crippen molar-refractivity contribution in [1.82, 2.24) is 19.5 Å².